The quantitative estimate of drug-likeness (QED) is 0.601. The van der Waals surface area contributed by atoms with E-state index in [1.165, 1.54) is 12.8 Å². The fourth-order valence-electron chi connectivity index (χ4n) is 1.51. The van der Waals surface area contributed by atoms with Crippen molar-refractivity contribution in [2.75, 3.05) is 6.61 Å². The summed E-state index contributed by atoms with van der Waals surface area (Å²) in [6.45, 7) is 3.00. The van der Waals surface area contributed by atoms with Crippen molar-refractivity contribution in [2.24, 2.45) is 0 Å². The zero-order valence-corrected chi connectivity index (χ0v) is 7.94. The highest BCUT2D eigenvalue weighted by molar-refractivity contribution is 6.21. The van der Waals surface area contributed by atoms with Gasteiger partial charge in [0.25, 0.3) is 0 Å². The van der Waals surface area contributed by atoms with Gasteiger partial charge in [-0.05, 0) is 19.3 Å². The molecule has 0 N–H and O–H groups in total. The van der Waals surface area contributed by atoms with Crippen LogP contribution in [0.2, 0.25) is 0 Å². The fraction of sp³-hybridized carbons (Fsp3) is 1.00. The molecule has 1 nitrogen and oxygen atoms in total. The van der Waals surface area contributed by atoms with Crippen molar-refractivity contribution >= 4 is 11.6 Å². The van der Waals surface area contributed by atoms with E-state index in [-0.39, 0.29) is 5.38 Å². The molecule has 2 unspecified atom stereocenters. The van der Waals surface area contributed by atoms with Crippen LogP contribution in [-0.2, 0) is 4.74 Å². The predicted octanol–water partition coefficient (Wildman–Crippen LogP) is 2.96. The fourth-order valence-corrected chi connectivity index (χ4v) is 1.86. The SMILES string of the molecule is CCCOC1CCCCC1Cl. The highest BCUT2D eigenvalue weighted by atomic mass is 35.5. The summed E-state index contributed by atoms with van der Waals surface area (Å²) in [5.74, 6) is 0. The molecule has 0 amide bonds. The summed E-state index contributed by atoms with van der Waals surface area (Å²) in [6.07, 6.45) is 6.30. The molecule has 0 aromatic heterocycles. The minimum absolute atomic E-state index is 0.273. The Morgan fingerprint density at radius 3 is 2.73 bits per heavy atom. The second kappa shape index (κ2) is 5.00. The molecule has 0 spiro atoms. The lowest BCUT2D eigenvalue weighted by Gasteiger charge is -2.26. The van der Waals surface area contributed by atoms with E-state index in [1.807, 2.05) is 0 Å². The van der Waals surface area contributed by atoms with Gasteiger partial charge in [-0.25, -0.2) is 0 Å². The first-order chi connectivity index (χ1) is 5.34. The molecule has 1 saturated carbocycles. The molecule has 2 heteroatoms. The van der Waals surface area contributed by atoms with Gasteiger partial charge in [0.15, 0.2) is 0 Å². The van der Waals surface area contributed by atoms with E-state index in [2.05, 4.69) is 6.92 Å². The molecule has 0 heterocycles. The molecule has 0 aliphatic heterocycles. The minimum atomic E-state index is 0.273. The normalized spacial score (nSPS) is 32.2. The predicted molar refractivity (Wildman–Crippen MR) is 48.1 cm³/mol. The summed E-state index contributed by atoms with van der Waals surface area (Å²) in [7, 11) is 0. The largest absolute Gasteiger partial charge is 0.377 e. The average Bonchev–Trinajstić information content (AvgIpc) is 2.03. The topological polar surface area (TPSA) is 9.23 Å². The van der Waals surface area contributed by atoms with Crippen molar-refractivity contribution in [1.29, 1.82) is 0 Å². The molecular formula is C9H17ClO. The van der Waals surface area contributed by atoms with E-state index in [0.717, 1.165) is 25.9 Å². The maximum atomic E-state index is 6.09. The third-order valence-electron chi connectivity index (χ3n) is 2.16. The van der Waals surface area contributed by atoms with Crippen molar-refractivity contribution < 1.29 is 4.74 Å². The van der Waals surface area contributed by atoms with Crippen LogP contribution in [0.4, 0.5) is 0 Å². The van der Waals surface area contributed by atoms with E-state index in [1.54, 1.807) is 0 Å². The molecule has 1 aliphatic rings. The molecule has 0 aromatic rings. The molecule has 0 radical (unpaired) electrons. The van der Waals surface area contributed by atoms with Crippen LogP contribution in [0, 0.1) is 0 Å². The number of alkyl halides is 1. The molecule has 1 rings (SSSR count). The van der Waals surface area contributed by atoms with Crippen LogP contribution in [0.3, 0.4) is 0 Å². The van der Waals surface area contributed by atoms with Gasteiger partial charge in [-0.3, -0.25) is 0 Å². The number of hydrogen-bond donors (Lipinski definition) is 0. The van der Waals surface area contributed by atoms with Gasteiger partial charge in [-0.1, -0.05) is 19.8 Å². The van der Waals surface area contributed by atoms with Gasteiger partial charge >= 0.3 is 0 Å². The van der Waals surface area contributed by atoms with Gasteiger partial charge < -0.3 is 4.74 Å². The Balaban J connectivity index is 2.18. The summed E-state index contributed by atoms with van der Waals surface area (Å²) >= 11 is 6.09. The highest BCUT2D eigenvalue weighted by Crippen LogP contribution is 2.25. The second-order valence-electron chi connectivity index (χ2n) is 3.21. The van der Waals surface area contributed by atoms with Gasteiger partial charge in [-0.15, -0.1) is 11.6 Å². The Labute approximate surface area is 74.1 Å². The number of rotatable bonds is 3. The van der Waals surface area contributed by atoms with Crippen LogP contribution < -0.4 is 0 Å². The summed E-state index contributed by atoms with van der Waals surface area (Å²) in [4.78, 5) is 0. The second-order valence-corrected chi connectivity index (χ2v) is 3.77. The third-order valence-corrected chi connectivity index (χ3v) is 2.66. The van der Waals surface area contributed by atoms with Gasteiger partial charge in [0.2, 0.25) is 0 Å². The van der Waals surface area contributed by atoms with Crippen molar-refractivity contribution in [1.82, 2.24) is 0 Å². The highest BCUT2D eigenvalue weighted by Gasteiger charge is 2.22. The summed E-state index contributed by atoms with van der Waals surface area (Å²) in [5.41, 5.74) is 0. The Bertz CT molecular complexity index is 106. The Kier molecular flexibility index (Phi) is 4.24. The van der Waals surface area contributed by atoms with Crippen LogP contribution in [-0.4, -0.2) is 18.1 Å². The van der Waals surface area contributed by atoms with E-state index >= 15 is 0 Å². The molecule has 1 fully saturated rings. The average molecular weight is 177 g/mol. The van der Waals surface area contributed by atoms with Crippen molar-refractivity contribution in [2.45, 2.75) is 50.5 Å². The lowest BCUT2D eigenvalue weighted by Crippen LogP contribution is -2.28. The Hall–Kier alpha value is 0.250. The third kappa shape index (κ3) is 3.00. The van der Waals surface area contributed by atoms with E-state index in [0.29, 0.717) is 6.10 Å². The number of ether oxygens (including phenoxy) is 1. The first-order valence-corrected chi connectivity index (χ1v) is 5.04. The van der Waals surface area contributed by atoms with Crippen LogP contribution in [0.15, 0.2) is 0 Å². The lowest BCUT2D eigenvalue weighted by atomic mass is 9.97. The van der Waals surface area contributed by atoms with Gasteiger partial charge in [0, 0.05) is 6.61 Å². The van der Waals surface area contributed by atoms with Gasteiger partial charge in [0.1, 0.15) is 0 Å². The molecule has 0 bridgehead atoms. The molecule has 1 aliphatic carbocycles. The van der Waals surface area contributed by atoms with Crippen molar-refractivity contribution in [3.63, 3.8) is 0 Å². The van der Waals surface area contributed by atoms with Crippen molar-refractivity contribution in [3.05, 3.63) is 0 Å². The summed E-state index contributed by atoms with van der Waals surface area (Å²) in [5, 5.41) is 0.273. The lowest BCUT2D eigenvalue weighted by molar-refractivity contribution is 0.0319. The summed E-state index contributed by atoms with van der Waals surface area (Å²) in [6, 6.07) is 0. The first kappa shape index (κ1) is 9.34. The van der Waals surface area contributed by atoms with Crippen LogP contribution >= 0.6 is 11.6 Å². The first-order valence-electron chi connectivity index (χ1n) is 4.60. The van der Waals surface area contributed by atoms with Gasteiger partial charge in [0.05, 0.1) is 11.5 Å². The van der Waals surface area contributed by atoms with Crippen LogP contribution in [0.25, 0.3) is 0 Å². The van der Waals surface area contributed by atoms with E-state index in [4.69, 9.17) is 16.3 Å². The van der Waals surface area contributed by atoms with E-state index in [9.17, 15) is 0 Å². The molecule has 0 aromatic carbocycles. The zero-order valence-electron chi connectivity index (χ0n) is 7.18. The minimum Gasteiger partial charge on any atom is -0.377 e. The standard InChI is InChI=1S/C9H17ClO/c1-2-7-11-9-6-4-3-5-8(9)10/h8-9H,2-7H2,1H3. The Morgan fingerprint density at radius 2 is 2.09 bits per heavy atom. The molecular weight excluding hydrogens is 160 g/mol. The number of hydrogen-bond acceptors (Lipinski definition) is 1. The maximum Gasteiger partial charge on any atom is 0.0738 e. The maximum absolute atomic E-state index is 6.09. The molecule has 11 heavy (non-hydrogen) atoms. The van der Waals surface area contributed by atoms with Crippen molar-refractivity contribution in [3.8, 4) is 0 Å². The molecule has 66 valence electrons. The molecule has 2 atom stereocenters. The number of halogens is 1. The van der Waals surface area contributed by atoms with E-state index < -0.39 is 0 Å². The zero-order chi connectivity index (χ0) is 8.10. The molecule has 0 saturated heterocycles. The summed E-state index contributed by atoms with van der Waals surface area (Å²) < 4.78 is 5.61. The van der Waals surface area contributed by atoms with Crippen LogP contribution in [0.1, 0.15) is 39.0 Å². The monoisotopic (exact) mass is 176 g/mol. The smallest absolute Gasteiger partial charge is 0.0738 e. The van der Waals surface area contributed by atoms with Crippen LogP contribution in [0.5, 0.6) is 0 Å². The van der Waals surface area contributed by atoms with Gasteiger partial charge in [-0.2, -0.15) is 0 Å². The Morgan fingerprint density at radius 1 is 1.36 bits per heavy atom.